The first kappa shape index (κ1) is 15.8. The summed E-state index contributed by atoms with van der Waals surface area (Å²) in [4.78, 5) is 23.1. The number of hydrogen-bond donors (Lipinski definition) is 1. The van der Waals surface area contributed by atoms with Gasteiger partial charge in [0.2, 0.25) is 0 Å². The Morgan fingerprint density at radius 3 is 2.36 bits per heavy atom. The van der Waals surface area contributed by atoms with Gasteiger partial charge in [-0.2, -0.15) is 0 Å². The summed E-state index contributed by atoms with van der Waals surface area (Å²) >= 11 is 0. The van der Waals surface area contributed by atoms with Crippen molar-refractivity contribution in [1.82, 2.24) is 0 Å². The first-order valence-corrected chi connectivity index (χ1v) is 7.94. The van der Waals surface area contributed by atoms with E-state index in [0.717, 1.165) is 0 Å². The maximum absolute atomic E-state index is 12.1. The molecule has 0 fully saturated rings. The zero-order chi connectivity index (χ0) is 16.3. The lowest BCUT2D eigenvalue weighted by Crippen LogP contribution is -2.12. The predicted octanol–water partition coefficient (Wildman–Crippen LogP) is 2.89. The number of rotatable bonds is 4. The third-order valence-electron chi connectivity index (χ3n) is 3.11. The first-order chi connectivity index (χ1) is 10.4. The molecule has 0 saturated heterocycles. The van der Waals surface area contributed by atoms with Gasteiger partial charge < -0.3 is 5.32 Å². The molecular weight excluding hydrogens is 304 g/mol. The highest BCUT2D eigenvalue weighted by atomic mass is 32.2. The molecule has 6 nitrogen and oxygen atoms in total. The molecule has 0 aliphatic carbocycles. The van der Waals surface area contributed by atoms with Crippen LogP contribution < -0.4 is 5.32 Å². The second-order valence-corrected chi connectivity index (χ2v) is 6.07. The SMILES string of the molecule is Cc1ccc(NC(=O)c2ccc([S@@](C)=O)cc2)cc1[N+](=O)[O-]. The van der Waals surface area contributed by atoms with E-state index in [1.165, 1.54) is 6.07 Å². The Morgan fingerprint density at radius 1 is 1.18 bits per heavy atom. The van der Waals surface area contributed by atoms with Gasteiger partial charge in [0.15, 0.2) is 0 Å². The Balaban J connectivity index is 2.20. The van der Waals surface area contributed by atoms with Crippen LogP contribution in [0.2, 0.25) is 0 Å². The van der Waals surface area contributed by atoms with Crippen LogP contribution >= 0.6 is 0 Å². The van der Waals surface area contributed by atoms with E-state index in [1.54, 1.807) is 49.6 Å². The van der Waals surface area contributed by atoms with Gasteiger partial charge in [-0.3, -0.25) is 19.1 Å². The number of benzene rings is 2. The molecule has 22 heavy (non-hydrogen) atoms. The van der Waals surface area contributed by atoms with Gasteiger partial charge in [-0.05, 0) is 37.3 Å². The second-order valence-electron chi connectivity index (χ2n) is 4.69. The van der Waals surface area contributed by atoms with Crippen molar-refractivity contribution in [3.05, 3.63) is 63.7 Å². The molecule has 1 atom stereocenters. The minimum atomic E-state index is -1.11. The molecule has 114 valence electrons. The minimum absolute atomic E-state index is 0.0467. The standard InChI is InChI=1S/C15H14N2O4S/c1-10-3-6-12(9-14(10)17(19)20)16-15(18)11-4-7-13(8-5-11)22(2)21/h3-9H,1-2H3,(H,16,18)/t22-/m1/s1. The molecule has 0 aromatic heterocycles. The lowest BCUT2D eigenvalue weighted by Gasteiger charge is -2.06. The summed E-state index contributed by atoms with van der Waals surface area (Å²) in [6.07, 6.45) is 1.56. The average molecular weight is 318 g/mol. The molecule has 0 aliphatic heterocycles. The predicted molar refractivity (Wildman–Crippen MR) is 84.6 cm³/mol. The van der Waals surface area contributed by atoms with Crippen molar-refractivity contribution in [3.8, 4) is 0 Å². The number of nitrogens with zero attached hydrogens (tertiary/aromatic N) is 1. The van der Waals surface area contributed by atoms with Crippen molar-refractivity contribution in [2.24, 2.45) is 0 Å². The van der Waals surface area contributed by atoms with Crippen LogP contribution in [0, 0.1) is 17.0 Å². The molecule has 2 aromatic carbocycles. The van der Waals surface area contributed by atoms with Crippen molar-refractivity contribution in [2.75, 3.05) is 11.6 Å². The van der Waals surface area contributed by atoms with E-state index >= 15 is 0 Å². The third kappa shape index (κ3) is 3.56. The first-order valence-electron chi connectivity index (χ1n) is 6.38. The summed E-state index contributed by atoms with van der Waals surface area (Å²) in [5.74, 6) is -0.383. The number of nitrogens with one attached hydrogen (secondary N) is 1. The van der Waals surface area contributed by atoms with Gasteiger partial charge in [0.25, 0.3) is 11.6 Å². The van der Waals surface area contributed by atoms with Gasteiger partial charge >= 0.3 is 0 Å². The summed E-state index contributed by atoms with van der Waals surface area (Å²) in [5, 5.41) is 13.5. The van der Waals surface area contributed by atoms with Crippen LogP contribution in [0.4, 0.5) is 11.4 Å². The largest absolute Gasteiger partial charge is 0.322 e. The maximum Gasteiger partial charge on any atom is 0.274 e. The smallest absolute Gasteiger partial charge is 0.274 e. The Kier molecular flexibility index (Phi) is 4.67. The van der Waals surface area contributed by atoms with E-state index in [4.69, 9.17) is 0 Å². The fraction of sp³-hybridized carbons (Fsp3) is 0.133. The molecule has 7 heteroatoms. The molecule has 0 bridgehead atoms. The Labute approximate surface area is 129 Å². The molecule has 2 aromatic rings. The van der Waals surface area contributed by atoms with Crippen LogP contribution in [0.5, 0.6) is 0 Å². The summed E-state index contributed by atoms with van der Waals surface area (Å²) < 4.78 is 11.3. The van der Waals surface area contributed by atoms with Crippen LogP contribution in [-0.2, 0) is 10.8 Å². The van der Waals surface area contributed by atoms with Crippen molar-refractivity contribution in [1.29, 1.82) is 0 Å². The van der Waals surface area contributed by atoms with Gasteiger partial charge in [0.05, 0.1) is 4.92 Å². The van der Waals surface area contributed by atoms with Gasteiger partial charge in [-0.1, -0.05) is 6.07 Å². The number of carbonyl (C=O) groups excluding carboxylic acids is 1. The van der Waals surface area contributed by atoms with E-state index < -0.39 is 15.7 Å². The van der Waals surface area contributed by atoms with Crippen LogP contribution in [0.1, 0.15) is 15.9 Å². The van der Waals surface area contributed by atoms with Crippen LogP contribution in [0.3, 0.4) is 0 Å². The summed E-state index contributed by atoms with van der Waals surface area (Å²) in [7, 11) is -1.11. The molecule has 0 unspecified atom stereocenters. The number of hydrogen-bond acceptors (Lipinski definition) is 4. The Hall–Kier alpha value is -2.54. The molecular formula is C15H14N2O4S. The van der Waals surface area contributed by atoms with Gasteiger partial charge in [0.1, 0.15) is 0 Å². The molecule has 1 N–H and O–H groups in total. The van der Waals surface area contributed by atoms with Crippen molar-refractivity contribution < 1.29 is 13.9 Å². The molecule has 0 radical (unpaired) electrons. The number of nitro groups is 1. The molecule has 0 spiro atoms. The highest BCUT2D eigenvalue weighted by Crippen LogP contribution is 2.22. The van der Waals surface area contributed by atoms with E-state index in [-0.39, 0.29) is 11.6 Å². The number of anilines is 1. The number of carbonyl (C=O) groups is 1. The zero-order valence-corrected chi connectivity index (χ0v) is 12.8. The van der Waals surface area contributed by atoms with Crippen molar-refractivity contribution in [2.45, 2.75) is 11.8 Å². The van der Waals surface area contributed by atoms with Gasteiger partial charge in [-0.15, -0.1) is 0 Å². The van der Waals surface area contributed by atoms with Crippen LogP contribution in [0.15, 0.2) is 47.4 Å². The minimum Gasteiger partial charge on any atom is -0.322 e. The summed E-state index contributed by atoms with van der Waals surface area (Å²) in [5.41, 5.74) is 1.22. The van der Waals surface area contributed by atoms with Gasteiger partial charge in [0, 0.05) is 44.8 Å². The third-order valence-corrected chi connectivity index (χ3v) is 4.05. The number of nitro benzene ring substituents is 1. The maximum atomic E-state index is 12.1. The van der Waals surface area contributed by atoms with Gasteiger partial charge in [-0.25, -0.2) is 0 Å². The van der Waals surface area contributed by atoms with E-state index in [2.05, 4.69) is 5.32 Å². The number of amides is 1. The highest BCUT2D eigenvalue weighted by molar-refractivity contribution is 7.84. The van der Waals surface area contributed by atoms with E-state index in [1.807, 2.05) is 0 Å². The average Bonchev–Trinajstić information content (AvgIpc) is 2.49. The second kappa shape index (κ2) is 6.48. The molecule has 0 saturated carbocycles. The normalized spacial score (nSPS) is 11.7. The highest BCUT2D eigenvalue weighted by Gasteiger charge is 2.13. The summed E-state index contributed by atoms with van der Waals surface area (Å²) in [6.45, 7) is 1.63. The monoisotopic (exact) mass is 318 g/mol. The fourth-order valence-corrected chi connectivity index (χ4v) is 2.40. The Morgan fingerprint density at radius 2 is 1.82 bits per heavy atom. The van der Waals surface area contributed by atoms with Crippen molar-refractivity contribution in [3.63, 3.8) is 0 Å². The molecule has 0 aliphatic rings. The molecule has 0 heterocycles. The summed E-state index contributed by atoms with van der Waals surface area (Å²) in [6, 6.07) is 10.9. The molecule has 2 rings (SSSR count). The lowest BCUT2D eigenvalue weighted by atomic mass is 10.1. The lowest BCUT2D eigenvalue weighted by molar-refractivity contribution is -0.385. The van der Waals surface area contributed by atoms with E-state index in [0.29, 0.717) is 21.7 Å². The van der Waals surface area contributed by atoms with Crippen molar-refractivity contribution >= 4 is 28.1 Å². The Bertz CT molecular complexity index is 757. The molecule has 1 amide bonds. The topological polar surface area (TPSA) is 89.3 Å². The van der Waals surface area contributed by atoms with Crippen LogP contribution in [0.25, 0.3) is 0 Å². The van der Waals surface area contributed by atoms with E-state index in [9.17, 15) is 19.1 Å². The zero-order valence-electron chi connectivity index (χ0n) is 12.0. The number of aryl methyl sites for hydroxylation is 1. The quantitative estimate of drug-likeness (QED) is 0.693. The van der Waals surface area contributed by atoms with Crippen LogP contribution in [-0.4, -0.2) is 21.3 Å². The fourth-order valence-electron chi connectivity index (χ4n) is 1.89.